The molecule has 0 saturated carbocycles. The molecule has 5 heteroatoms. The predicted octanol–water partition coefficient (Wildman–Crippen LogP) is 2.26. The van der Waals surface area contributed by atoms with E-state index in [1.54, 1.807) is 4.90 Å². The third kappa shape index (κ3) is 2.11. The number of nitrogens with zero attached hydrogens (tertiary/aromatic N) is 2. The molecule has 0 aliphatic carbocycles. The first-order valence-electron chi connectivity index (χ1n) is 9.46. The third-order valence-corrected chi connectivity index (χ3v) is 6.47. The maximum absolute atomic E-state index is 13.5. The SMILES string of the molecule is CCC(C)NC(=O)C1CC2CCCN2C12C(=O)N(C)c1ccccc12. The van der Waals surface area contributed by atoms with Gasteiger partial charge >= 0.3 is 0 Å². The van der Waals surface area contributed by atoms with Gasteiger partial charge in [0.2, 0.25) is 5.91 Å². The normalized spacial score (nSPS) is 32.1. The number of amides is 2. The molecule has 4 atom stereocenters. The molecule has 1 aromatic rings. The summed E-state index contributed by atoms with van der Waals surface area (Å²) < 4.78 is 0. The number of para-hydroxylation sites is 1. The van der Waals surface area contributed by atoms with Crippen LogP contribution in [0.1, 0.15) is 45.1 Å². The second-order valence-corrected chi connectivity index (χ2v) is 7.74. The Labute approximate surface area is 149 Å². The lowest BCUT2D eigenvalue weighted by atomic mass is 9.78. The number of likely N-dealkylation sites (N-methyl/N-ethyl adjacent to an activating group) is 1. The van der Waals surface area contributed by atoms with Gasteiger partial charge in [-0.25, -0.2) is 0 Å². The highest BCUT2D eigenvalue weighted by Gasteiger charge is 2.66. The first-order chi connectivity index (χ1) is 12.0. The van der Waals surface area contributed by atoms with Crippen molar-refractivity contribution < 1.29 is 9.59 Å². The van der Waals surface area contributed by atoms with E-state index in [-0.39, 0.29) is 23.8 Å². The van der Waals surface area contributed by atoms with Gasteiger partial charge in [0, 0.05) is 30.4 Å². The fourth-order valence-corrected chi connectivity index (χ4v) is 5.11. The van der Waals surface area contributed by atoms with Crippen molar-refractivity contribution in [3.05, 3.63) is 29.8 Å². The van der Waals surface area contributed by atoms with E-state index >= 15 is 0 Å². The monoisotopic (exact) mass is 341 g/mol. The van der Waals surface area contributed by atoms with Crippen LogP contribution in [0.5, 0.6) is 0 Å². The van der Waals surface area contributed by atoms with E-state index in [1.165, 1.54) is 0 Å². The van der Waals surface area contributed by atoms with Crippen LogP contribution in [0, 0.1) is 5.92 Å². The molecule has 25 heavy (non-hydrogen) atoms. The Morgan fingerprint density at radius 3 is 2.92 bits per heavy atom. The number of fused-ring (bicyclic) bond motifs is 4. The Bertz CT molecular complexity index is 719. The van der Waals surface area contributed by atoms with Crippen LogP contribution in [0.4, 0.5) is 5.69 Å². The highest BCUT2D eigenvalue weighted by atomic mass is 16.2. The number of carbonyl (C=O) groups excluding carboxylic acids is 2. The van der Waals surface area contributed by atoms with Gasteiger partial charge in [-0.05, 0) is 45.2 Å². The molecule has 1 aromatic carbocycles. The van der Waals surface area contributed by atoms with E-state index < -0.39 is 5.54 Å². The molecule has 2 amide bonds. The lowest BCUT2D eigenvalue weighted by Crippen LogP contribution is -2.56. The van der Waals surface area contributed by atoms with Crippen molar-refractivity contribution in [2.75, 3.05) is 18.5 Å². The quantitative estimate of drug-likeness (QED) is 0.917. The van der Waals surface area contributed by atoms with Crippen LogP contribution in [-0.2, 0) is 15.1 Å². The van der Waals surface area contributed by atoms with Gasteiger partial charge in [0.1, 0.15) is 5.54 Å². The van der Waals surface area contributed by atoms with Crippen molar-refractivity contribution in [3.8, 4) is 0 Å². The predicted molar refractivity (Wildman–Crippen MR) is 97.3 cm³/mol. The zero-order chi connectivity index (χ0) is 17.8. The molecule has 3 heterocycles. The number of hydrogen-bond donors (Lipinski definition) is 1. The van der Waals surface area contributed by atoms with Crippen LogP contribution < -0.4 is 10.2 Å². The topological polar surface area (TPSA) is 52.7 Å². The van der Waals surface area contributed by atoms with Crippen molar-refractivity contribution in [1.29, 1.82) is 0 Å². The van der Waals surface area contributed by atoms with Gasteiger partial charge in [-0.1, -0.05) is 25.1 Å². The minimum absolute atomic E-state index is 0.0298. The standard InChI is InChI=1S/C20H27N3O2/c1-4-13(2)21-18(24)16-12-14-8-7-11-23(14)20(16)15-9-5-6-10-17(15)22(3)19(20)25/h5-6,9-10,13-14,16H,4,7-8,11-12H2,1-3H3,(H,21,24). The summed E-state index contributed by atoms with van der Waals surface area (Å²) in [5.74, 6) is -0.227. The smallest absolute Gasteiger partial charge is 0.252 e. The summed E-state index contributed by atoms with van der Waals surface area (Å²) in [6.07, 6.45) is 3.85. The highest BCUT2D eigenvalue weighted by molar-refractivity contribution is 6.10. The van der Waals surface area contributed by atoms with Crippen molar-refractivity contribution in [2.24, 2.45) is 5.92 Å². The Hall–Kier alpha value is -1.88. The largest absolute Gasteiger partial charge is 0.353 e. The van der Waals surface area contributed by atoms with Gasteiger partial charge in [-0.2, -0.15) is 0 Å². The van der Waals surface area contributed by atoms with Crippen LogP contribution in [0.25, 0.3) is 0 Å². The highest BCUT2D eigenvalue weighted by Crippen LogP contribution is 2.56. The van der Waals surface area contributed by atoms with Crippen molar-refractivity contribution in [3.63, 3.8) is 0 Å². The van der Waals surface area contributed by atoms with E-state index in [0.29, 0.717) is 6.04 Å². The molecule has 2 saturated heterocycles. The van der Waals surface area contributed by atoms with Gasteiger partial charge in [0.05, 0.1) is 5.92 Å². The Balaban J connectivity index is 1.83. The molecule has 134 valence electrons. The van der Waals surface area contributed by atoms with E-state index in [0.717, 1.165) is 43.5 Å². The minimum atomic E-state index is -0.815. The van der Waals surface area contributed by atoms with E-state index in [9.17, 15) is 9.59 Å². The van der Waals surface area contributed by atoms with E-state index in [1.807, 2.05) is 38.2 Å². The fourth-order valence-electron chi connectivity index (χ4n) is 5.11. The molecule has 0 aromatic heterocycles. The number of anilines is 1. The van der Waals surface area contributed by atoms with Crippen LogP contribution in [0.3, 0.4) is 0 Å². The molecule has 3 aliphatic rings. The van der Waals surface area contributed by atoms with E-state index in [2.05, 4.69) is 17.1 Å². The van der Waals surface area contributed by atoms with Crippen LogP contribution in [0.15, 0.2) is 24.3 Å². The van der Waals surface area contributed by atoms with Gasteiger partial charge in [0.15, 0.2) is 0 Å². The number of rotatable bonds is 3. The average Bonchev–Trinajstić information content (AvgIpc) is 3.25. The summed E-state index contributed by atoms with van der Waals surface area (Å²) in [6.45, 7) is 4.99. The summed E-state index contributed by atoms with van der Waals surface area (Å²) >= 11 is 0. The van der Waals surface area contributed by atoms with Gasteiger partial charge in [-0.3, -0.25) is 14.5 Å². The van der Waals surface area contributed by atoms with Crippen LogP contribution in [-0.4, -0.2) is 42.4 Å². The fraction of sp³-hybridized carbons (Fsp3) is 0.600. The first kappa shape index (κ1) is 16.6. The molecule has 5 nitrogen and oxygen atoms in total. The molecule has 4 unspecified atom stereocenters. The Morgan fingerprint density at radius 1 is 1.40 bits per heavy atom. The number of hydrogen-bond acceptors (Lipinski definition) is 3. The molecular weight excluding hydrogens is 314 g/mol. The second kappa shape index (κ2) is 5.84. The number of benzene rings is 1. The van der Waals surface area contributed by atoms with Crippen molar-refractivity contribution in [1.82, 2.24) is 10.2 Å². The second-order valence-electron chi connectivity index (χ2n) is 7.74. The molecule has 0 radical (unpaired) electrons. The molecule has 3 aliphatic heterocycles. The summed E-state index contributed by atoms with van der Waals surface area (Å²) in [5.41, 5.74) is 1.14. The van der Waals surface area contributed by atoms with Gasteiger partial charge in [0.25, 0.3) is 5.91 Å². The van der Waals surface area contributed by atoms with Crippen LogP contribution >= 0.6 is 0 Å². The Kier molecular flexibility index (Phi) is 3.87. The van der Waals surface area contributed by atoms with Gasteiger partial charge in [-0.15, -0.1) is 0 Å². The average molecular weight is 341 g/mol. The van der Waals surface area contributed by atoms with E-state index in [4.69, 9.17) is 0 Å². The van der Waals surface area contributed by atoms with Crippen LogP contribution in [0.2, 0.25) is 0 Å². The summed E-state index contributed by atoms with van der Waals surface area (Å²) in [6, 6.07) is 8.45. The minimum Gasteiger partial charge on any atom is -0.353 e. The zero-order valence-electron chi connectivity index (χ0n) is 15.3. The lowest BCUT2D eigenvalue weighted by Gasteiger charge is -2.37. The third-order valence-electron chi connectivity index (χ3n) is 6.47. The molecule has 1 spiro atoms. The molecule has 0 bridgehead atoms. The summed E-state index contributed by atoms with van der Waals surface area (Å²) in [5, 5.41) is 3.14. The molecule has 4 rings (SSSR count). The molecular formula is C20H27N3O2. The molecule has 2 fully saturated rings. The maximum atomic E-state index is 13.5. The van der Waals surface area contributed by atoms with Gasteiger partial charge < -0.3 is 10.2 Å². The summed E-state index contributed by atoms with van der Waals surface area (Å²) in [7, 11) is 1.84. The zero-order valence-corrected chi connectivity index (χ0v) is 15.3. The lowest BCUT2D eigenvalue weighted by molar-refractivity contribution is -0.139. The van der Waals surface area contributed by atoms with Crippen molar-refractivity contribution in [2.45, 2.75) is 57.2 Å². The summed E-state index contributed by atoms with van der Waals surface area (Å²) in [4.78, 5) is 30.7. The van der Waals surface area contributed by atoms with Crippen molar-refractivity contribution >= 4 is 17.5 Å². The number of carbonyl (C=O) groups is 2. The first-order valence-corrected chi connectivity index (χ1v) is 9.46. The number of nitrogens with one attached hydrogen (secondary N) is 1. The maximum Gasteiger partial charge on any atom is 0.252 e. The molecule has 1 N–H and O–H groups in total. The Morgan fingerprint density at radius 2 is 2.16 bits per heavy atom.